The van der Waals surface area contributed by atoms with Crippen LogP contribution >= 0.6 is 23.1 Å². The summed E-state index contributed by atoms with van der Waals surface area (Å²) in [5, 5.41) is 3.12. The molecular formula is C25H28N2O3S2. The van der Waals surface area contributed by atoms with Crippen LogP contribution in [0.4, 0.5) is 0 Å². The quantitative estimate of drug-likeness (QED) is 0.293. The third-order valence-corrected chi connectivity index (χ3v) is 8.39. The highest BCUT2D eigenvalue weighted by molar-refractivity contribution is 7.99. The molecule has 0 amide bonds. The van der Waals surface area contributed by atoms with Crippen LogP contribution in [0.15, 0.2) is 33.5 Å². The molecule has 2 heterocycles. The van der Waals surface area contributed by atoms with Crippen molar-refractivity contribution >= 4 is 39.3 Å². The lowest BCUT2D eigenvalue weighted by Gasteiger charge is -2.25. The van der Waals surface area contributed by atoms with Gasteiger partial charge >= 0.3 is 5.97 Å². The second-order valence-electron chi connectivity index (χ2n) is 9.05. The largest absolute Gasteiger partial charge is 0.462 e. The third-order valence-electron chi connectivity index (χ3n) is 6.67. The van der Waals surface area contributed by atoms with Crippen molar-refractivity contribution in [2.45, 2.75) is 69.6 Å². The fourth-order valence-corrected chi connectivity index (χ4v) is 6.45. The summed E-state index contributed by atoms with van der Waals surface area (Å²) < 4.78 is 5.61. The summed E-state index contributed by atoms with van der Waals surface area (Å²) in [6.45, 7) is 2.24. The Bertz CT molecular complexity index is 1190. The van der Waals surface area contributed by atoms with Crippen molar-refractivity contribution in [2.24, 2.45) is 5.92 Å². The summed E-state index contributed by atoms with van der Waals surface area (Å²) in [4.78, 5) is 33.4. The van der Waals surface area contributed by atoms with E-state index in [1.54, 1.807) is 0 Å². The van der Waals surface area contributed by atoms with Gasteiger partial charge in [-0.25, -0.2) is 4.98 Å². The van der Waals surface area contributed by atoms with E-state index in [0.717, 1.165) is 55.6 Å². The van der Waals surface area contributed by atoms with Crippen LogP contribution in [0.25, 0.3) is 21.3 Å². The Morgan fingerprint density at radius 2 is 1.97 bits per heavy atom. The van der Waals surface area contributed by atoms with Gasteiger partial charge < -0.3 is 9.72 Å². The third kappa shape index (κ3) is 4.64. The zero-order valence-electron chi connectivity index (χ0n) is 18.3. The number of fused-ring (bicyclic) bond motifs is 2. The van der Waals surface area contributed by atoms with Gasteiger partial charge in [0.1, 0.15) is 10.9 Å². The van der Waals surface area contributed by atoms with Gasteiger partial charge in [0.05, 0.1) is 11.1 Å². The summed E-state index contributed by atoms with van der Waals surface area (Å²) in [6, 6.07) is 6.56. The molecule has 7 heteroatoms. The zero-order valence-corrected chi connectivity index (χ0v) is 19.9. The van der Waals surface area contributed by atoms with Gasteiger partial charge in [-0.2, -0.15) is 0 Å². The highest BCUT2D eigenvalue weighted by atomic mass is 32.2. The number of carbonyl (C=O) groups excluding carboxylic acids is 1. The molecule has 0 atom stereocenters. The number of aromatic amines is 1. The molecule has 168 valence electrons. The number of carbonyl (C=O) groups is 1. The standard InChI is InChI=1S/C25H28N2O3S2/c1-15-6-10-19(11-7-15)30-21(28)14-32-25-26-23(29)22-20(13-31-24(22)27-25)18-9-8-16-4-2-3-5-17(16)12-18/h8-9,12-13,15,19H,2-7,10-11,14H2,1H3,(H,26,27,29). The molecule has 2 aliphatic carbocycles. The van der Waals surface area contributed by atoms with Crippen LogP contribution in [0.1, 0.15) is 56.6 Å². The van der Waals surface area contributed by atoms with E-state index in [4.69, 9.17) is 4.74 Å². The number of hydrogen-bond acceptors (Lipinski definition) is 6. The van der Waals surface area contributed by atoms with Crippen molar-refractivity contribution in [1.29, 1.82) is 0 Å². The first kappa shape index (κ1) is 21.7. The number of thioether (sulfide) groups is 1. The summed E-state index contributed by atoms with van der Waals surface area (Å²) in [5.74, 6) is 0.638. The van der Waals surface area contributed by atoms with Crippen molar-refractivity contribution in [3.63, 3.8) is 0 Å². The number of nitrogens with zero attached hydrogens (tertiary/aromatic N) is 1. The molecule has 5 nitrogen and oxygen atoms in total. The highest BCUT2D eigenvalue weighted by Gasteiger charge is 2.22. The minimum absolute atomic E-state index is 0.0326. The monoisotopic (exact) mass is 468 g/mol. The van der Waals surface area contributed by atoms with Crippen molar-refractivity contribution in [2.75, 3.05) is 5.75 Å². The molecule has 5 rings (SSSR count). The second kappa shape index (κ2) is 9.40. The zero-order chi connectivity index (χ0) is 22.1. The number of thiophene rings is 1. The van der Waals surface area contributed by atoms with Gasteiger partial charge in [0.25, 0.3) is 5.56 Å². The summed E-state index contributed by atoms with van der Waals surface area (Å²) in [5.41, 5.74) is 4.70. The first-order chi connectivity index (χ1) is 15.6. The molecule has 32 heavy (non-hydrogen) atoms. The van der Waals surface area contributed by atoms with Crippen molar-refractivity contribution in [3.8, 4) is 11.1 Å². The molecule has 0 saturated heterocycles. The molecule has 0 bridgehead atoms. The lowest BCUT2D eigenvalue weighted by molar-refractivity contribution is -0.147. The molecule has 0 unspecified atom stereocenters. The maximum Gasteiger partial charge on any atom is 0.316 e. The van der Waals surface area contributed by atoms with Crippen LogP contribution in [-0.4, -0.2) is 27.8 Å². The number of nitrogens with one attached hydrogen (secondary N) is 1. The van der Waals surface area contributed by atoms with Crippen LogP contribution < -0.4 is 5.56 Å². The maximum absolute atomic E-state index is 12.9. The Balaban J connectivity index is 1.30. The number of hydrogen-bond donors (Lipinski definition) is 1. The fourth-order valence-electron chi connectivity index (χ4n) is 4.81. The van der Waals surface area contributed by atoms with Gasteiger partial charge in [-0.05, 0) is 74.0 Å². The van der Waals surface area contributed by atoms with Crippen molar-refractivity contribution < 1.29 is 9.53 Å². The number of rotatable bonds is 5. The second-order valence-corrected chi connectivity index (χ2v) is 10.9. The van der Waals surface area contributed by atoms with E-state index >= 15 is 0 Å². The summed E-state index contributed by atoms with van der Waals surface area (Å²) in [7, 11) is 0. The molecule has 1 saturated carbocycles. The predicted molar refractivity (Wildman–Crippen MR) is 131 cm³/mol. The van der Waals surface area contributed by atoms with Gasteiger partial charge in [-0.3, -0.25) is 9.59 Å². The van der Waals surface area contributed by atoms with E-state index in [0.29, 0.717) is 15.4 Å². The van der Waals surface area contributed by atoms with E-state index in [2.05, 4.69) is 35.1 Å². The average Bonchev–Trinajstić information content (AvgIpc) is 3.24. The predicted octanol–water partition coefficient (Wildman–Crippen LogP) is 5.74. The minimum atomic E-state index is -0.238. The van der Waals surface area contributed by atoms with Gasteiger partial charge in [0.2, 0.25) is 0 Å². The van der Waals surface area contributed by atoms with Crippen LogP contribution in [-0.2, 0) is 22.4 Å². The van der Waals surface area contributed by atoms with Crippen LogP contribution in [0.2, 0.25) is 0 Å². The van der Waals surface area contributed by atoms with E-state index in [1.165, 1.54) is 47.1 Å². The minimum Gasteiger partial charge on any atom is -0.462 e. The lowest BCUT2D eigenvalue weighted by atomic mass is 9.89. The van der Waals surface area contributed by atoms with Gasteiger partial charge in [-0.1, -0.05) is 36.9 Å². The van der Waals surface area contributed by atoms with Crippen molar-refractivity contribution in [1.82, 2.24) is 9.97 Å². The molecular weight excluding hydrogens is 440 g/mol. The Morgan fingerprint density at radius 3 is 2.78 bits per heavy atom. The van der Waals surface area contributed by atoms with E-state index in [-0.39, 0.29) is 23.4 Å². The van der Waals surface area contributed by atoms with Gasteiger partial charge in [0.15, 0.2) is 5.16 Å². The maximum atomic E-state index is 12.9. The number of esters is 1. The highest BCUT2D eigenvalue weighted by Crippen LogP contribution is 2.34. The van der Waals surface area contributed by atoms with Crippen LogP contribution in [0, 0.1) is 5.92 Å². The molecule has 1 fully saturated rings. The summed E-state index contributed by atoms with van der Waals surface area (Å²) in [6.07, 6.45) is 8.88. The fraction of sp³-hybridized carbons (Fsp3) is 0.480. The van der Waals surface area contributed by atoms with Gasteiger partial charge in [0, 0.05) is 10.9 Å². The van der Waals surface area contributed by atoms with E-state index in [1.807, 2.05) is 5.38 Å². The normalized spacial score (nSPS) is 20.8. The molecule has 3 aromatic rings. The molecule has 0 radical (unpaired) electrons. The Labute approximate surface area is 196 Å². The Morgan fingerprint density at radius 1 is 1.19 bits per heavy atom. The first-order valence-electron chi connectivity index (χ1n) is 11.5. The SMILES string of the molecule is CC1CCC(OC(=O)CSc2nc3scc(-c4ccc5c(c4)CCCC5)c3c(=O)[nH]2)CC1. The van der Waals surface area contributed by atoms with Crippen LogP contribution in [0.5, 0.6) is 0 Å². The average molecular weight is 469 g/mol. The number of aromatic nitrogens is 2. The smallest absolute Gasteiger partial charge is 0.316 e. The Hall–Kier alpha value is -2.12. The number of benzene rings is 1. The Kier molecular flexibility index (Phi) is 6.37. The van der Waals surface area contributed by atoms with E-state index < -0.39 is 0 Å². The molecule has 0 aliphatic heterocycles. The lowest BCUT2D eigenvalue weighted by Crippen LogP contribution is -2.24. The van der Waals surface area contributed by atoms with E-state index in [9.17, 15) is 9.59 Å². The topological polar surface area (TPSA) is 72.0 Å². The van der Waals surface area contributed by atoms with Crippen molar-refractivity contribution in [3.05, 3.63) is 45.1 Å². The summed E-state index contributed by atoms with van der Waals surface area (Å²) >= 11 is 2.71. The molecule has 2 aromatic heterocycles. The van der Waals surface area contributed by atoms with Gasteiger partial charge in [-0.15, -0.1) is 11.3 Å². The first-order valence-corrected chi connectivity index (χ1v) is 13.4. The number of aryl methyl sites for hydroxylation is 2. The van der Waals surface area contributed by atoms with Crippen LogP contribution in [0.3, 0.4) is 0 Å². The molecule has 1 N–H and O–H groups in total. The molecule has 0 spiro atoms. The number of ether oxygens (including phenoxy) is 1. The molecule has 2 aliphatic rings. The number of H-pyrrole nitrogens is 1. The molecule has 1 aromatic carbocycles.